The van der Waals surface area contributed by atoms with Crippen LogP contribution in [0, 0.1) is 6.92 Å². The maximum absolute atomic E-state index is 12.7. The van der Waals surface area contributed by atoms with Gasteiger partial charge in [0.15, 0.2) is 0 Å². The zero-order valence-electron chi connectivity index (χ0n) is 15.9. The third kappa shape index (κ3) is 3.77. The Morgan fingerprint density at radius 3 is 2.90 bits per heavy atom. The number of rotatable bonds is 4. The normalized spacial score (nSPS) is 18.9. The third-order valence-corrected chi connectivity index (χ3v) is 5.93. The van der Waals surface area contributed by atoms with E-state index in [9.17, 15) is 14.4 Å². The van der Waals surface area contributed by atoms with Gasteiger partial charge in [-0.15, -0.1) is 11.8 Å². The number of hydrogen-bond acceptors (Lipinski definition) is 7. The summed E-state index contributed by atoms with van der Waals surface area (Å²) in [6.45, 7) is 3.16. The maximum Gasteiger partial charge on any atom is 0.330 e. The van der Waals surface area contributed by atoms with E-state index >= 15 is 0 Å². The number of carbonyl (C=O) groups excluding carboxylic acids is 2. The highest BCUT2D eigenvalue weighted by atomic mass is 32.2. The fourth-order valence-electron chi connectivity index (χ4n) is 3.30. The summed E-state index contributed by atoms with van der Waals surface area (Å²) in [7, 11) is 0. The zero-order valence-corrected chi connectivity index (χ0v) is 16.7. The smallest absolute Gasteiger partial charge is 0.330 e. The van der Waals surface area contributed by atoms with Crippen LogP contribution in [0.15, 0.2) is 52.0 Å². The first-order valence-electron chi connectivity index (χ1n) is 9.03. The van der Waals surface area contributed by atoms with Crippen molar-refractivity contribution in [3.05, 3.63) is 70.2 Å². The van der Waals surface area contributed by atoms with Gasteiger partial charge in [0, 0.05) is 24.9 Å². The average molecular weight is 413 g/mol. The molecule has 9 heteroatoms. The largest absolute Gasteiger partial charge is 0.466 e. The molecule has 0 spiro atoms. The van der Waals surface area contributed by atoms with Crippen LogP contribution in [0.2, 0.25) is 0 Å². The minimum absolute atomic E-state index is 0.142. The van der Waals surface area contributed by atoms with Gasteiger partial charge in [0.25, 0.3) is 5.56 Å². The first-order chi connectivity index (χ1) is 13.9. The van der Waals surface area contributed by atoms with Crippen molar-refractivity contribution < 1.29 is 18.7 Å². The minimum atomic E-state index is -0.725. The quantitative estimate of drug-likeness (QED) is 0.606. The van der Waals surface area contributed by atoms with Gasteiger partial charge in [-0.25, -0.2) is 9.78 Å². The Kier molecular flexibility index (Phi) is 5.14. The van der Waals surface area contributed by atoms with Crippen molar-refractivity contribution in [2.24, 2.45) is 0 Å². The molecule has 0 bridgehead atoms. The second-order valence-electron chi connectivity index (χ2n) is 6.77. The van der Waals surface area contributed by atoms with E-state index in [1.54, 1.807) is 24.4 Å². The Morgan fingerprint density at radius 2 is 2.17 bits per heavy atom. The first-order valence-corrected chi connectivity index (χ1v) is 10.1. The number of amides is 1. The number of aromatic nitrogens is 2. The number of aryl methyl sites for hydroxylation is 1. The number of thioether (sulfide) groups is 1. The fraction of sp³-hybridized carbons (Fsp3) is 0.300. The first kappa shape index (κ1) is 19.3. The summed E-state index contributed by atoms with van der Waals surface area (Å²) in [4.78, 5) is 43.0. The van der Waals surface area contributed by atoms with Crippen LogP contribution in [0.25, 0.3) is 5.65 Å². The van der Waals surface area contributed by atoms with Crippen molar-refractivity contribution >= 4 is 29.3 Å². The van der Waals surface area contributed by atoms with Crippen LogP contribution in [0.1, 0.15) is 29.3 Å². The number of nitrogens with zero attached hydrogens (tertiary/aromatic N) is 3. The maximum atomic E-state index is 12.7. The van der Waals surface area contributed by atoms with Gasteiger partial charge in [-0.1, -0.05) is 6.07 Å². The van der Waals surface area contributed by atoms with E-state index in [-0.39, 0.29) is 23.4 Å². The molecule has 1 amide bonds. The standard InChI is InChI=1S/C20H19N3O5S/c1-12-5-6-17-21-14(8-18(25)22(17)9-12)10-28-20(26)15-11-29-19(23(15)13(2)24)16-4-3-7-27-16/h3-9,15,19H,10-11H2,1-2H3/t15-,19+/m0/s1. The summed E-state index contributed by atoms with van der Waals surface area (Å²) < 4.78 is 12.2. The van der Waals surface area contributed by atoms with Crippen molar-refractivity contribution in [3.63, 3.8) is 0 Å². The average Bonchev–Trinajstić information content (AvgIpc) is 3.36. The van der Waals surface area contributed by atoms with E-state index in [0.717, 1.165) is 5.56 Å². The number of fused-ring (bicyclic) bond motifs is 1. The van der Waals surface area contributed by atoms with Crippen LogP contribution in [0.5, 0.6) is 0 Å². The molecule has 4 heterocycles. The van der Waals surface area contributed by atoms with Crippen LogP contribution in [-0.2, 0) is 20.9 Å². The Hall–Kier alpha value is -3.07. The Balaban J connectivity index is 1.49. The van der Waals surface area contributed by atoms with E-state index in [2.05, 4.69) is 4.98 Å². The van der Waals surface area contributed by atoms with Crippen molar-refractivity contribution in [2.75, 3.05) is 5.75 Å². The molecule has 1 fully saturated rings. The van der Waals surface area contributed by atoms with Gasteiger partial charge in [0.2, 0.25) is 5.91 Å². The highest BCUT2D eigenvalue weighted by Gasteiger charge is 2.43. The van der Waals surface area contributed by atoms with Crippen molar-refractivity contribution in [2.45, 2.75) is 31.9 Å². The van der Waals surface area contributed by atoms with Crippen LogP contribution in [-0.4, -0.2) is 38.0 Å². The molecular formula is C20H19N3O5S. The topological polar surface area (TPSA) is 94.1 Å². The van der Waals surface area contributed by atoms with Crippen LogP contribution >= 0.6 is 11.8 Å². The number of pyridine rings is 1. The fourth-order valence-corrected chi connectivity index (χ4v) is 4.71. The Bertz CT molecular complexity index is 1120. The highest BCUT2D eigenvalue weighted by Crippen LogP contribution is 2.41. The molecule has 1 saturated heterocycles. The van der Waals surface area contributed by atoms with Crippen LogP contribution < -0.4 is 5.56 Å². The second kappa shape index (κ2) is 7.75. The molecule has 3 aromatic heterocycles. The van der Waals surface area contributed by atoms with Gasteiger partial charge >= 0.3 is 5.97 Å². The molecule has 0 saturated carbocycles. The monoisotopic (exact) mass is 413 g/mol. The molecule has 1 aliphatic rings. The molecule has 4 rings (SSSR count). The van der Waals surface area contributed by atoms with E-state index < -0.39 is 12.0 Å². The van der Waals surface area contributed by atoms with Gasteiger partial charge in [-0.05, 0) is 30.7 Å². The summed E-state index contributed by atoms with van der Waals surface area (Å²) >= 11 is 1.44. The summed E-state index contributed by atoms with van der Waals surface area (Å²) in [5.74, 6) is 0.236. The van der Waals surface area contributed by atoms with E-state index in [1.807, 2.05) is 13.0 Å². The third-order valence-electron chi connectivity index (χ3n) is 4.65. The molecular weight excluding hydrogens is 394 g/mol. The van der Waals surface area contributed by atoms with Gasteiger partial charge in [0.1, 0.15) is 29.4 Å². The molecule has 0 aliphatic carbocycles. The minimum Gasteiger partial charge on any atom is -0.466 e. The summed E-state index contributed by atoms with van der Waals surface area (Å²) in [5, 5.41) is -0.369. The second-order valence-corrected chi connectivity index (χ2v) is 7.88. The molecule has 0 unspecified atom stereocenters. The van der Waals surface area contributed by atoms with Crippen LogP contribution in [0.4, 0.5) is 0 Å². The van der Waals surface area contributed by atoms with Gasteiger partial charge in [-0.3, -0.25) is 14.0 Å². The lowest BCUT2D eigenvalue weighted by Gasteiger charge is -2.25. The molecule has 0 N–H and O–H groups in total. The molecule has 0 aromatic carbocycles. The van der Waals surface area contributed by atoms with Crippen molar-refractivity contribution in [1.29, 1.82) is 0 Å². The molecule has 0 radical (unpaired) electrons. The highest BCUT2D eigenvalue weighted by molar-refractivity contribution is 7.99. The molecule has 29 heavy (non-hydrogen) atoms. The van der Waals surface area contributed by atoms with Gasteiger partial charge in [-0.2, -0.15) is 0 Å². The number of ether oxygens (including phenoxy) is 1. The Labute approximate surface area is 170 Å². The molecule has 1 aliphatic heterocycles. The Morgan fingerprint density at radius 1 is 1.34 bits per heavy atom. The summed E-state index contributed by atoms with van der Waals surface area (Å²) in [6, 6.07) is 7.73. The van der Waals surface area contributed by atoms with E-state index in [0.29, 0.717) is 22.9 Å². The lowest BCUT2D eigenvalue weighted by Crippen LogP contribution is -2.42. The van der Waals surface area contributed by atoms with Crippen molar-refractivity contribution in [3.8, 4) is 0 Å². The lowest BCUT2D eigenvalue weighted by molar-refractivity contribution is -0.154. The predicted octanol–water partition coefficient (Wildman–Crippen LogP) is 2.30. The molecule has 8 nitrogen and oxygen atoms in total. The number of esters is 1. The zero-order chi connectivity index (χ0) is 20.5. The number of hydrogen-bond donors (Lipinski definition) is 0. The number of carbonyl (C=O) groups is 2. The summed E-state index contributed by atoms with van der Waals surface area (Å²) in [5.41, 5.74) is 1.53. The SMILES string of the molecule is CC(=O)N1[C@@H](c2ccco2)SC[C@H]1C(=O)OCc1cc(=O)n2cc(C)ccc2n1. The van der Waals surface area contributed by atoms with Crippen LogP contribution in [0.3, 0.4) is 0 Å². The predicted molar refractivity (Wildman–Crippen MR) is 106 cm³/mol. The van der Waals surface area contributed by atoms with E-state index in [4.69, 9.17) is 9.15 Å². The lowest BCUT2D eigenvalue weighted by atomic mass is 10.2. The molecule has 150 valence electrons. The van der Waals surface area contributed by atoms with Gasteiger partial charge < -0.3 is 14.1 Å². The summed E-state index contributed by atoms with van der Waals surface area (Å²) in [6.07, 6.45) is 3.24. The molecule has 2 atom stereocenters. The van der Waals surface area contributed by atoms with E-state index in [1.165, 1.54) is 40.3 Å². The number of furan rings is 1. The van der Waals surface area contributed by atoms with Gasteiger partial charge in [0.05, 0.1) is 12.0 Å². The van der Waals surface area contributed by atoms with Crippen molar-refractivity contribution in [1.82, 2.24) is 14.3 Å². The molecule has 3 aromatic rings.